The van der Waals surface area contributed by atoms with E-state index in [4.69, 9.17) is 5.73 Å². The van der Waals surface area contributed by atoms with Crippen LogP contribution < -0.4 is 5.73 Å². The number of nitrogens with two attached hydrogens (primary N) is 1. The lowest BCUT2D eigenvalue weighted by Gasteiger charge is -2.25. The third-order valence-electron chi connectivity index (χ3n) is 4.33. The van der Waals surface area contributed by atoms with Gasteiger partial charge in [0.2, 0.25) is 0 Å². The summed E-state index contributed by atoms with van der Waals surface area (Å²) in [4.78, 5) is 5.70. The second-order valence-electron chi connectivity index (χ2n) is 5.86. The number of nitrogen functional groups attached to an aromatic ring is 1. The molecule has 1 aromatic carbocycles. The highest BCUT2D eigenvalue weighted by Gasteiger charge is 2.24. The second-order valence-corrected chi connectivity index (χ2v) is 6.74. The molecule has 0 fully saturated rings. The van der Waals surface area contributed by atoms with Crippen LogP contribution in [0.5, 0.6) is 0 Å². The molecule has 3 rings (SSSR count). The van der Waals surface area contributed by atoms with Crippen LogP contribution in [0, 0.1) is 17.2 Å². The summed E-state index contributed by atoms with van der Waals surface area (Å²) in [5.74, 6) is 0.980. The average Bonchev–Trinajstić information content (AvgIpc) is 2.54. The molecule has 3 nitrogen and oxygen atoms in total. The van der Waals surface area contributed by atoms with E-state index in [2.05, 4.69) is 48.5 Å². The molecule has 0 spiro atoms. The quantitative estimate of drug-likeness (QED) is 0.850. The largest absolute Gasteiger partial charge is 0.383 e. The summed E-state index contributed by atoms with van der Waals surface area (Å²) < 4.78 is 0. The fraction of sp³-hybridized carbons (Fsp3) is 0.333. The van der Waals surface area contributed by atoms with Crippen LogP contribution in [0.25, 0.3) is 11.1 Å². The SMILES string of the molecule is CSc1ccc(-c2c(C#N)c(N)nc3c2CC(C)CC3)cc1. The van der Waals surface area contributed by atoms with Gasteiger partial charge in [-0.3, -0.25) is 0 Å². The molecule has 112 valence electrons. The highest BCUT2D eigenvalue weighted by molar-refractivity contribution is 7.98. The molecule has 1 atom stereocenters. The van der Waals surface area contributed by atoms with Crippen LogP contribution in [0.2, 0.25) is 0 Å². The van der Waals surface area contributed by atoms with Crippen LogP contribution in [0.1, 0.15) is 30.2 Å². The molecule has 0 saturated heterocycles. The standard InChI is InChI=1S/C18H19N3S/c1-11-3-8-16-14(9-11)17(15(10-19)18(20)21-16)12-4-6-13(22-2)7-5-12/h4-7,11H,3,8-9H2,1-2H3,(H2,20,21). The number of thioether (sulfide) groups is 1. The zero-order valence-corrected chi connectivity index (χ0v) is 13.7. The Hall–Kier alpha value is -1.99. The van der Waals surface area contributed by atoms with Gasteiger partial charge < -0.3 is 5.73 Å². The van der Waals surface area contributed by atoms with Crippen molar-refractivity contribution < 1.29 is 0 Å². The molecule has 1 heterocycles. The van der Waals surface area contributed by atoms with E-state index < -0.39 is 0 Å². The third-order valence-corrected chi connectivity index (χ3v) is 5.07. The summed E-state index contributed by atoms with van der Waals surface area (Å²) >= 11 is 1.71. The number of nitriles is 1. The third kappa shape index (κ3) is 2.57. The summed E-state index contributed by atoms with van der Waals surface area (Å²) in [6.45, 7) is 2.26. The number of benzene rings is 1. The number of hydrogen-bond donors (Lipinski definition) is 1. The van der Waals surface area contributed by atoms with Gasteiger partial charge in [-0.1, -0.05) is 19.1 Å². The lowest BCUT2D eigenvalue weighted by Crippen LogP contribution is -2.16. The summed E-state index contributed by atoms with van der Waals surface area (Å²) in [7, 11) is 0. The molecule has 1 aromatic heterocycles. The number of fused-ring (bicyclic) bond motifs is 1. The van der Waals surface area contributed by atoms with Crippen molar-refractivity contribution in [2.45, 2.75) is 31.1 Å². The van der Waals surface area contributed by atoms with Crippen LogP contribution in [0.15, 0.2) is 29.2 Å². The average molecular weight is 309 g/mol. The lowest BCUT2D eigenvalue weighted by molar-refractivity contribution is 0.495. The van der Waals surface area contributed by atoms with Crippen molar-refractivity contribution in [3.63, 3.8) is 0 Å². The molecule has 2 aromatic rings. The van der Waals surface area contributed by atoms with Gasteiger partial charge in [-0.05, 0) is 54.7 Å². The van der Waals surface area contributed by atoms with E-state index >= 15 is 0 Å². The number of anilines is 1. The topological polar surface area (TPSA) is 62.7 Å². The lowest BCUT2D eigenvalue weighted by atomic mass is 9.82. The Bertz CT molecular complexity index is 744. The maximum atomic E-state index is 9.55. The molecule has 0 saturated carbocycles. The first-order valence-corrected chi connectivity index (χ1v) is 8.72. The normalized spacial score (nSPS) is 16.9. The molecule has 0 aliphatic heterocycles. The monoisotopic (exact) mass is 309 g/mol. The molecule has 22 heavy (non-hydrogen) atoms. The molecule has 2 N–H and O–H groups in total. The predicted molar refractivity (Wildman–Crippen MR) is 91.8 cm³/mol. The maximum absolute atomic E-state index is 9.55. The van der Waals surface area contributed by atoms with Crippen LogP contribution in [0.4, 0.5) is 5.82 Å². The fourth-order valence-electron chi connectivity index (χ4n) is 3.14. The Morgan fingerprint density at radius 1 is 1.32 bits per heavy atom. The Morgan fingerprint density at radius 3 is 2.68 bits per heavy atom. The zero-order chi connectivity index (χ0) is 15.7. The van der Waals surface area contributed by atoms with Crippen molar-refractivity contribution >= 4 is 17.6 Å². The van der Waals surface area contributed by atoms with E-state index in [1.807, 2.05) is 0 Å². The Kier molecular flexibility index (Phi) is 4.08. The summed E-state index contributed by atoms with van der Waals surface area (Å²) in [5.41, 5.74) is 10.9. The van der Waals surface area contributed by atoms with Gasteiger partial charge in [0.1, 0.15) is 17.5 Å². The van der Waals surface area contributed by atoms with Crippen molar-refractivity contribution in [2.24, 2.45) is 5.92 Å². The van der Waals surface area contributed by atoms with E-state index in [-0.39, 0.29) is 0 Å². The first-order valence-electron chi connectivity index (χ1n) is 7.49. The molecule has 0 bridgehead atoms. The Balaban J connectivity index is 2.23. The van der Waals surface area contributed by atoms with E-state index in [9.17, 15) is 5.26 Å². The molecule has 1 unspecified atom stereocenters. The van der Waals surface area contributed by atoms with Gasteiger partial charge in [0.25, 0.3) is 0 Å². The van der Waals surface area contributed by atoms with Crippen molar-refractivity contribution in [1.82, 2.24) is 4.98 Å². The maximum Gasteiger partial charge on any atom is 0.142 e. The summed E-state index contributed by atoms with van der Waals surface area (Å²) in [6.07, 6.45) is 5.11. The molecule has 0 amide bonds. The van der Waals surface area contributed by atoms with Gasteiger partial charge in [0.05, 0.1) is 0 Å². The molecule has 1 aliphatic carbocycles. The minimum Gasteiger partial charge on any atom is -0.383 e. The first-order chi connectivity index (χ1) is 10.6. The van der Waals surface area contributed by atoms with Gasteiger partial charge >= 0.3 is 0 Å². The van der Waals surface area contributed by atoms with E-state index in [1.54, 1.807) is 11.8 Å². The highest BCUT2D eigenvalue weighted by atomic mass is 32.2. The summed E-state index contributed by atoms with van der Waals surface area (Å²) in [6, 6.07) is 10.6. The number of rotatable bonds is 2. The number of aromatic nitrogens is 1. The number of pyridine rings is 1. The highest BCUT2D eigenvalue weighted by Crippen LogP contribution is 2.37. The van der Waals surface area contributed by atoms with E-state index in [0.29, 0.717) is 17.3 Å². The van der Waals surface area contributed by atoms with Crippen molar-refractivity contribution in [3.8, 4) is 17.2 Å². The smallest absolute Gasteiger partial charge is 0.142 e. The van der Waals surface area contributed by atoms with Crippen molar-refractivity contribution in [3.05, 3.63) is 41.1 Å². The van der Waals surface area contributed by atoms with Crippen LogP contribution in [-0.2, 0) is 12.8 Å². The Labute approximate surface area is 135 Å². The minimum atomic E-state index is 0.361. The molecule has 0 radical (unpaired) electrons. The fourth-order valence-corrected chi connectivity index (χ4v) is 3.55. The van der Waals surface area contributed by atoms with Crippen molar-refractivity contribution in [2.75, 3.05) is 12.0 Å². The van der Waals surface area contributed by atoms with E-state index in [1.165, 1.54) is 10.5 Å². The van der Waals surface area contributed by atoms with Gasteiger partial charge in [0, 0.05) is 16.2 Å². The van der Waals surface area contributed by atoms with Gasteiger partial charge in [-0.2, -0.15) is 5.26 Å². The molecular formula is C18H19N3S. The van der Waals surface area contributed by atoms with Crippen LogP contribution in [-0.4, -0.2) is 11.2 Å². The second kappa shape index (κ2) is 6.02. The molecule has 1 aliphatic rings. The van der Waals surface area contributed by atoms with Crippen molar-refractivity contribution in [1.29, 1.82) is 5.26 Å². The van der Waals surface area contributed by atoms with Crippen LogP contribution in [0.3, 0.4) is 0 Å². The Morgan fingerprint density at radius 2 is 2.05 bits per heavy atom. The first kappa shape index (κ1) is 14.9. The summed E-state index contributed by atoms with van der Waals surface area (Å²) in [5, 5.41) is 9.55. The predicted octanol–water partition coefficient (Wildman–Crippen LogP) is 4.05. The minimum absolute atomic E-state index is 0.361. The van der Waals surface area contributed by atoms with Gasteiger partial charge in [-0.25, -0.2) is 4.98 Å². The van der Waals surface area contributed by atoms with Gasteiger partial charge in [-0.15, -0.1) is 11.8 Å². The number of hydrogen-bond acceptors (Lipinski definition) is 4. The van der Waals surface area contributed by atoms with Crippen LogP contribution >= 0.6 is 11.8 Å². The number of aryl methyl sites for hydroxylation is 1. The zero-order valence-electron chi connectivity index (χ0n) is 12.9. The molecule has 4 heteroatoms. The number of nitrogens with zero attached hydrogens (tertiary/aromatic N) is 2. The van der Waals surface area contributed by atoms with Gasteiger partial charge in [0.15, 0.2) is 0 Å². The molecular weight excluding hydrogens is 290 g/mol. The van der Waals surface area contributed by atoms with E-state index in [0.717, 1.165) is 36.1 Å².